The van der Waals surface area contributed by atoms with E-state index in [1.54, 1.807) is 7.11 Å². The molecule has 0 radical (unpaired) electrons. The molecule has 0 aromatic heterocycles. The van der Waals surface area contributed by atoms with Crippen LogP contribution in [0.4, 0.5) is 0 Å². The van der Waals surface area contributed by atoms with Gasteiger partial charge in [0.15, 0.2) is 0 Å². The number of ether oxygens (including phenoxy) is 1. The third kappa shape index (κ3) is 4.70. The van der Waals surface area contributed by atoms with E-state index >= 15 is 0 Å². The first kappa shape index (κ1) is 14.7. The predicted molar refractivity (Wildman–Crippen MR) is 81.2 cm³/mol. The summed E-state index contributed by atoms with van der Waals surface area (Å²) in [6.45, 7) is 1.06. The van der Waals surface area contributed by atoms with Crippen LogP contribution in [0.25, 0.3) is 0 Å². The summed E-state index contributed by atoms with van der Waals surface area (Å²) in [6, 6.07) is 9.04. The number of hydrogen-bond acceptors (Lipinski definition) is 2. The fourth-order valence-electron chi connectivity index (χ4n) is 2.73. The highest BCUT2D eigenvalue weighted by Gasteiger charge is 2.19. The van der Waals surface area contributed by atoms with E-state index in [2.05, 4.69) is 17.4 Å². The smallest absolute Gasteiger partial charge is 0.118 e. The Hall–Kier alpha value is -0.730. The molecule has 2 nitrogen and oxygen atoms in total. The van der Waals surface area contributed by atoms with Crippen molar-refractivity contribution in [3.05, 3.63) is 29.8 Å². The van der Waals surface area contributed by atoms with Gasteiger partial charge in [-0.1, -0.05) is 12.1 Å². The van der Waals surface area contributed by atoms with Gasteiger partial charge in [-0.2, -0.15) is 0 Å². The molecule has 0 bridgehead atoms. The molecule has 0 heterocycles. The van der Waals surface area contributed by atoms with E-state index in [0.717, 1.165) is 30.5 Å². The average molecular weight is 282 g/mol. The Bertz CT molecular complexity index is 358. The maximum atomic E-state index is 5.91. The van der Waals surface area contributed by atoms with Crippen LogP contribution in [0, 0.1) is 5.92 Å². The molecule has 1 aliphatic rings. The number of halogens is 1. The maximum absolute atomic E-state index is 5.91. The number of rotatable bonds is 6. The molecule has 0 saturated heterocycles. The van der Waals surface area contributed by atoms with E-state index in [1.165, 1.54) is 31.2 Å². The quantitative estimate of drug-likeness (QED) is 0.804. The summed E-state index contributed by atoms with van der Waals surface area (Å²) in [5.41, 5.74) is 1.36. The minimum atomic E-state index is 0.692. The Morgan fingerprint density at radius 3 is 2.42 bits per heavy atom. The minimum Gasteiger partial charge on any atom is -0.497 e. The zero-order valence-corrected chi connectivity index (χ0v) is 12.5. The molecule has 19 heavy (non-hydrogen) atoms. The summed E-state index contributed by atoms with van der Waals surface area (Å²) >= 11 is 5.91. The molecule has 1 aliphatic carbocycles. The molecular formula is C16H24ClNO. The van der Waals surface area contributed by atoms with E-state index in [-0.39, 0.29) is 0 Å². The van der Waals surface area contributed by atoms with Gasteiger partial charge in [0.05, 0.1) is 7.11 Å². The second-order valence-electron chi connectivity index (χ2n) is 5.42. The molecule has 2 rings (SSSR count). The largest absolute Gasteiger partial charge is 0.497 e. The number of methoxy groups -OCH3 is 1. The summed E-state index contributed by atoms with van der Waals surface area (Å²) in [7, 11) is 1.70. The number of benzene rings is 1. The monoisotopic (exact) mass is 281 g/mol. The van der Waals surface area contributed by atoms with Crippen molar-refractivity contribution in [2.75, 3.05) is 19.5 Å². The first-order valence-corrected chi connectivity index (χ1v) is 7.77. The van der Waals surface area contributed by atoms with Crippen molar-refractivity contribution < 1.29 is 4.74 Å². The first-order valence-electron chi connectivity index (χ1n) is 7.24. The topological polar surface area (TPSA) is 21.3 Å². The molecule has 3 heteroatoms. The summed E-state index contributed by atoms with van der Waals surface area (Å²) in [4.78, 5) is 0. The second kappa shape index (κ2) is 7.76. The highest BCUT2D eigenvalue weighted by Crippen LogP contribution is 2.25. The fourth-order valence-corrected chi connectivity index (χ4v) is 3.04. The lowest BCUT2D eigenvalue weighted by molar-refractivity contribution is 0.311. The van der Waals surface area contributed by atoms with Crippen molar-refractivity contribution in [2.45, 2.75) is 38.1 Å². The van der Waals surface area contributed by atoms with Gasteiger partial charge in [0, 0.05) is 11.9 Å². The molecule has 0 aliphatic heterocycles. The molecule has 1 aromatic rings. The molecule has 106 valence electrons. The van der Waals surface area contributed by atoms with E-state index in [9.17, 15) is 0 Å². The van der Waals surface area contributed by atoms with Crippen LogP contribution in [0.5, 0.6) is 5.75 Å². The van der Waals surface area contributed by atoms with Crippen LogP contribution in [0.2, 0.25) is 0 Å². The highest BCUT2D eigenvalue weighted by atomic mass is 35.5. The van der Waals surface area contributed by atoms with Gasteiger partial charge >= 0.3 is 0 Å². The van der Waals surface area contributed by atoms with Crippen LogP contribution in [-0.4, -0.2) is 25.6 Å². The molecule has 0 unspecified atom stereocenters. The van der Waals surface area contributed by atoms with Crippen LogP contribution in [-0.2, 0) is 6.42 Å². The highest BCUT2D eigenvalue weighted by molar-refractivity contribution is 6.18. The average Bonchev–Trinajstić information content (AvgIpc) is 2.49. The van der Waals surface area contributed by atoms with Crippen molar-refractivity contribution in [3.8, 4) is 5.75 Å². The summed E-state index contributed by atoms with van der Waals surface area (Å²) < 4.78 is 5.16. The lowest BCUT2D eigenvalue weighted by atomic mass is 9.87. The Morgan fingerprint density at radius 1 is 1.16 bits per heavy atom. The van der Waals surface area contributed by atoms with Gasteiger partial charge in [0.1, 0.15) is 5.75 Å². The third-order valence-corrected chi connectivity index (χ3v) is 4.51. The Balaban J connectivity index is 1.66. The van der Waals surface area contributed by atoms with Gasteiger partial charge in [-0.05, 0) is 62.3 Å². The maximum Gasteiger partial charge on any atom is 0.118 e. The van der Waals surface area contributed by atoms with Crippen LogP contribution in [0.15, 0.2) is 24.3 Å². The molecule has 1 saturated carbocycles. The van der Waals surface area contributed by atoms with Gasteiger partial charge in [0.2, 0.25) is 0 Å². The normalized spacial score (nSPS) is 23.3. The summed E-state index contributed by atoms with van der Waals surface area (Å²) in [5.74, 6) is 2.51. The Labute approximate surface area is 121 Å². The van der Waals surface area contributed by atoms with Crippen LogP contribution in [0.3, 0.4) is 0 Å². The van der Waals surface area contributed by atoms with Gasteiger partial charge in [-0.3, -0.25) is 0 Å². The molecule has 1 N–H and O–H groups in total. The number of nitrogens with one attached hydrogen (secondary N) is 1. The molecule has 0 spiro atoms. The zero-order chi connectivity index (χ0) is 13.5. The van der Waals surface area contributed by atoms with Gasteiger partial charge in [-0.15, -0.1) is 11.6 Å². The Kier molecular flexibility index (Phi) is 5.99. The van der Waals surface area contributed by atoms with Gasteiger partial charge < -0.3 is 10.1 Å². The van der Waals surface area contributed by atoms with Crippen LogP contribution >= 0.6 is 11.6 Å². The molecule has 1 aromatic carbocycles. The van der Waals surface area contributed by atoms with Crippen LogP contribution < -0.4 is 10.1 Å². The molecular weight excluding hydrogens is 258 g/mol. The lowest BCUT2D eigenvalue weighted by Crippen LogP contribution is -2.34. The summed E-state index contributed by atoms with van der Waals surface area (Å²) in [5, 5.41) is 3.67. The van der Waals surface area contributed by atoms with Crippen LogP contribution in [0.1, 0.15) is 31.2 Å². The lowest BCUT2D eigenvalue weighted by Gasteiger charge is -2.28. The third-order valence-electron chi connectivity index (χ3n) is 4.07. The zero-order valence-electron chi connectivity index (χ0n) is 11.7. The van der Waals surface area contributed by atoms with E-state index in [0.29, 0.717) is 6.04 Å². The Morgan fingerprint density at radius 2 is 1.84 bits per heavy atom. The van der Waals surface area contributed by atoms with Crippen molar-refractivity contribution in [2.24, 2.45) is 5.92 Å². The van der Waals surface area contributed by atoms with Crippen molar-refractivity contribution in [1.82, 2.24) is 5.32 Å². The van der Waals surface area contributed by atoms with E-state index in [4.69, 9.17) is 16.3 Å². The first-order chi connectivity index (χ1) is 9.31. The minimum absolute atomic E-state index is 0.692. The second-order valence-corrected chi connectivity index (χ2v) is 5.73. The number of alkyl halides is 1. The fraction of sp³-hybridized carbons (Fsp3) is 0.625. The van der Waals surface area contributed by atoms with Gasteiger partial charge in [-0.25, -0.2) is 0 Å². The van der Waals surface area contributed by atoms with Gasteiger partial charge in [0.25, 0.3) is 0 Å². The molecule has 0 atom stereocenters. The standard InChI is InChI=1S/C16H24ClNO/c1-19-16-8-4-13(5-9-16)10-11-18-15-6-2-14(12-17)3-7-15/h4-5,8-9,14-15,18H,2-3,6-7,10-12H2,1H3. The van der Waals surface area contributed by atoms with Crippen molar-refractivity contribution >= 4 is 11.6 Å². The molecule has 0 amide bonds. The summed E-state index contributed by atoms with van der Waals surface area (Å²) in [6.07, 6.45) is 6.20. The molecule has 1 fully saturated rings. The predicted octanol–water partition coefficient (Wildman–Crippen LogP) is 3.62. The van der Waals surface area contributed by atoms with E-state index in [1.807, 2.05) is 12.1 Å². The SMILES string of the molecule is COc1ccc(CCNC2CCC(CCl)CC2)cc1. The van der Waals surface area contributed by atoms with Crippen molar-refractivity contribution in [3.63, 3.8) is 0 Å². The van der Waals surface area contributed by atoms with E-state index < -0.39 is 0 Å². The van der Waals surface area contributed by atoms with Crippen molar-refractivity contribution in [1.29, 1.82) is 0 Å². The number of hydrogen-bond donors (Lipinski definition) is 1.